The lowest BCUT2D eigenvalue weighted by atomic mass is 10.0. The fourth-order valence-electron chi connectivity index (χ4n) is 3.38. The predicted octanol–water partition coefficient (Wildman–Crippen LogP) is 1.85. The molecule has 0 bridgehead atoms. The summed E-state index contributed by atoms with van der Waals surface area (Å²) in [6.07, 6.45) is 3.81. The zero-order valence-corrected chi connectivity index (χ0v) is 11.7. The van der Waals surface area contributed by atoms with E-state index < -0.39 is 0 Å². The Bertz CT molecular complexity index is 530. The number of ether oxygens (including phenoxy) is 1. The molecule has 108 valence electrons. The van der Waals surface area contributed by atoms with Crippen molar-refractivity contribution in [2.24, 2.45) is 10.9 Å². The summed E-state index contributed by atoms with van der Waals surface area (Å²) < 4.78 is 5.85. The number of nitrogens with zero attached hydrogens (tertiary/aromatic N) is 2. The third-order valence-corrected chi connectivity index (χ3v) is 4.33. The highest BCUT2D eigenvalue weighted by Gasteiger charge is 2.37. The molecule has 0 aromatic heterocycles. The van der Waals surface area contributed by atoms with Crippen LogP contribution in [-0.4, -0.2) is 36.3 Å². The average Bonchev–Trinajstić information content (AvgIpc) is 2.95. The lowest BCUT2D eigenvalue weighted by Gasteiger charge is -2.40. The Hall–Kier alpha value is -1.75. The highest BCUT2D eigenvalue weighted by atomic mass is 16.5. The number of anilines is 1. The van der Waals surface area contributed by atoms with Crippen LogP contribution in [0.1, 0.15) is 30.4 Å². The Morgan fingerprint density at radius 1 is 1.45 bits per heavy atom. The predicted molar refractivity (Wildman–Crippen MR) is 78.4 cm³/mol. The molecular weight excluding hydrogens is 254 g/mol. The first-order valence-electron chi connectivity index (χ1n) is 7.17. The van der Waals surface area contributed by atoms with E-state index in [-0.39, 0.29) is 5.84 Å². The molecule has 2 atom stereocenters. The van der Waals surface area contributed by atoms with Gasteiger partial charge < -0.3 is 20.6 Å². The van der Waals surface area contributed by atoms with Crippen molar-refractivity contribution < 1.29 is 9.94 Å². The number of benzene rings is 1. The monoisotopic (exact) mass is 275 g/mol. The maximum atomic E-state index is 9.01. The summed E-state index contributed by atoms with van der Waals surface area (Å²) in [4.78, 5) is 2.37. The number of oxime groups is 1. The molecule has 1 saturated carbocycles. The van der Waals surface area contributed by atoms with Crippen LogP contribution < -0.4 is 10.6 Å². The van der Waals surface area contributed by atoms with E-state index in [1.54, 1.807) is 0 Å². The van der Waals surface area contributed by atoms with Crippen LogP contribution in [0.25, 0.3) is 0 Å². The van der Waals surface area contributed by atoms with Gasteiger partial charge in [0, 0.05) is 17.8 Å². The molecule has 5 nitrogen and oxygen atoms in total. The average molecular weight is 275 g/mol. The SMILES string of the molecule is Cc1ccc(N2CCOC3CCCC32)c(/C(N)=N/O)c1. The van der Waals surface area contributed by atoms with Gasteiger partial charge in [0.2, 0.25) is 0 Å². The Balaban J connectivity index is 2.00. The van der Waals surface area contributed by atoms with Crippen LogP contribution in [0.5, 0.6) is 0 Å². The Morgan fingerprint density at radius 2 is 2.30 bits per heavy atom. The molecule has 1 aromatic rings. The minimum Gasteiger partial charge on any atom is -0.409 e. The van der Waals surface area contributed by atoms with E-state index in [9.17, 15) is 0 Å². The van der Waals surface area contributed by atoms with Crippen LogP contribution in [-0.2, 0) is 4.74 Å². The van der Waals surface area contributed by atoms with E-state index in [4.69, 9.17) is 15.7 Å². The third kappa shape index (κ3) is 2.22. The number of fused-ring (bicyclic) bond motifs is 1. The first-order chi connectivity index (χ1) is 9.70. The van der Waals surface area contributed by atoms with Gasteiger partial charge in [0.1, 0.15) is 0 Å². The van der Waals surface area contributed by atoms with Gasteiger partial charge in [-0.15, -0.1) is 0 Å². The van der Waals surface area contributed by atoms with Gasteiger partial charge in [-0.1, -0.05) is 16.8 Å². The second-order valence-corrected chi connectivity index (χ2v) is 5.61. The van der Waals surface area contributed by atoms with Gasteiger partial charge >= 0.3 is 0 Å². The van der Waals surface area contributed by atoms with Crippen molar-refractivity contribution in [1.82, 2.24) is 0 Å². The normalized spacial score (nSPS) is 26.6. The van der Waals surface area contributed by atoms with Crippen LogP contribution >= 0.6 is 0 Å². The first-order valence-corrected chi connectivity index (χ1v) is 7.17. The van der Waals surface area contributed by atoms with Crippen LogP contribution in [0, 0.1) is 6.92 Å². The lowest BCUT2D eigenvalue weighted by molar-refractivity contribution is 0.0256. The highest BCUT2D eigenvalue weighted by molar-refractivity contribution is 6.02. The molecule has 0 amide bonds. The molecule has 1 heterocycles. The zero-order chi connectivity index (χ0) is 14.1. The minimum absolute atomic E-state index is 0.171. The number of hydrogen-bond acceptors (Lipinski definition) is 4. The van der Waals surface area contributed by atoms with E-state index >= 15 is 0 Å². The largest absolute Gasteiger partial charge is 0.409 e. The van der Waals surface area contributed by atoms with Gasteiger partial charge in [-0.25, -0.2) is 0 Å². The molecule has 0 spiro atoms. The summed E-state index contributed by atoms with van der Waals surface area (Å²) >= 11 is 0. The molecule has 1 saturated heterocycles. The maximum Gasteiger partial charge on any atom is 0.172 e. The van der Waals surface area contributed by atoms with Gasteiger partial charge in [-0.05, 0) is 38.3 Å². The zero-order valence-electron chi connectivity index (χ0n) is 11.7. The highest BCUT2D eigenvalue weighted by Crippen LogP contribution is 2.34. The molecule has 1 aliphatic carbocycles. The topological polar surface area (TPSA) is 71.1 Å². The Labute approximate surface area is 119 Å². The van der Waals surface area contributed by atoms with Crippen molar-refractivity contribution >= 4 is 11.5 Å². The molecule has 2 aliphatic rings. The summed E-state index contributed by atoms with van der Waals surface area (Å²) in [5, 5.41) is 12.2. The summed E-state index contributed by atoms with van der Waals surface area (Å²) in [5.74, 6) is 0.171. The third-order valence-electron chi connectivity index (χ3n) is 4.33. The van der Waals surface area contributed by atoms with Crippen LogP contribution in [0.15, 0.2) is 23.4 Å². The van der Waals surface area contributed by atoms with E-state index in [1.165, 1.54) is 6.42 Å². The van der Waals surface area contributed by atoms with E-state index in [0.29, 0.717) is 12.1 Å². The summed E-state index contributed by atoms with van der Waals surface area (Å²) in [7, 11) is 0. The van der Waals surface area contributed by atoms with E-state index in [0.717, 1.165) is 42.8 Å². The Morgan fingerprint density at radius 3 is 3.10 bits per heavy atom. The molecule has 3 N–H and O–H groups in total. The smallest absolute Gasteiger partial charge is 0.172 e. The van der Waals surface area contributed by atoms with Crippen LogP contribution in [0.4, 0.5) is 5.69 Å². The fraction of sp³-hybridized carbons (Fsp3) is 0.533. The van der Waals surface area contributed by atoms with Gasteiger partial charge in [0.25, 0.3) is 0 Å². The molecule has 3 rings (SSSR count). The van der Waals surface area contributed by atoms with Gasteiger partial charge in [0.15, 0.2) is 5.84 Å². The van der Waals surface area contributed by atoms with Gasteiger partial charge in [0.05, 0.1) is 18.8 Å². The van der Waals surface area contributed by atoms with Crippen molar-refractivity contribution in [3.8, 4) is 0 Å². The second kappa shape index (κ2) is 5.32. The fourth-order valence-corrected chi connectivity index (χ4v) is 3.38. The summed E-state index contributed by atoms with van der Waals surface area (Å²) in [6, 6.07) is 6.53. The van der Waals surface area contributed by atoms with E-state index in [1.807, 2.05) is 13.0 Å². The number of rotatable bonds is 2. The van der Waals surface area contributed by atoms with Crippen LogP contribution in [0.2, 0.25) is 0 Å². The molecular formula is C15H21N3O2. The van der Waals surface area contributed by atoms with E-state index in [2.05, 4.69) is 22.2 Å². The summed E-state index contributed by atoms with van der Waals surface area (Å²) in [5.41, 5.74) is 8.81. The Kier molecular flexibility index (Phi) is 3.53. The number of hydrogen-bond donors (Lipinski definition) is 2. The molecule has 5 heteroatoms. The standard InChI is InChI=1S/C15H21N3O2/c1-10-5-6-12(11(9-10)15(16)17-19)18-7-8-20-14-4-2-3-13(14)18/h5-6,9,13-14,19H,2-4,7-8H2,1H3,(H2,16,17). The first kappa shape index (κ1) is 13.2. The van der Waals surface area contributed by atoms with Crippen molar-refractivity contribution in [1.29, 1.82) is 0 Å². The maximum absolute atomic E-state index is 9.01. The second-order valence-electron chi connectivity index (χ2n) is 5.61. The number of amidine groups is 1. The summed E-state index contributed by atoms with van der Waals surface area (Å²) in [6.45, 7) is 3.61. The van der Waals surface area contributed by atoms with Crippen molar-refractivity contribution in [3.63, 3.8) is 0 Å². The van der Waals surface area contributed by atoms with Crippen molar-refractivity contribution in [3.05, 3.63) is 29.3 Å². The molecule has 2 unspecified atom stereocenters. The molecule has 1 aliphatic heterocycles. The van der Waals surface area contributed by atoms with Crippen LogP contribution in [0.3, 0.4) is 0 Å². The number of nitrogens with two attached hydrogens (primary N) is 1. The number of aryl methyl sites for hydroxylation is 1. The molecule has 2 fully saturated rings. The molecule has 0 radical (unpaired) electrons. The molecule has 1 aromatic carbocycles. The quantitative estimate of drug-likeness (QED) is 0.374. The van der Waals surface area contributed by atoms with Gasteiger partial charge in [-0.3, -0.25) is 0 Å². The lowest BCUT2D eigenvalue weighted by Crippen LogP contribution is -2.49. The molecule has 20 heavy (non-hydrogen) atoms. The minimum atomic E-state index is 0.171. The number of morpholine rings is 1. The van der Waals surface area contributed by atoms with Crippen molar-refractivity contribution in [2.45, 2.75) is 38.3 Å². The van der Waals surface area contributed by atoms with Gasteiger partial charge in [-0.2, -0.15) is 0 Å². The van der Waals surface area contributed by atoms with Crippen molar-refractivity contribution in [2.75, 3.05) is 18.1 Å².